The van der Waals surface area contributed by atoms with E-state index in [0.29, 0.717) is 12.4 Å². The third-order valence-corrected chi connectivity index (χ3v) is 2.77. The molecule has 0 bridgehead atoms. The van der Waals surface area contributed by atoms with Crippen LogP contribution in [0.3, 0.4) is 0 Å². The van der Waals surface area contributed by atoms with E-state index < -0.39 is 0 Å². The Kier molecular flexibility index (Phi) is 7.41. The normalized spacial score (nSPS) is 12.4. The first-order valence-electron chi connectivity index (χ1n) is 6.47. The van der Waals surface area contributed by atoms with Crippen LogP contribution in [0.5, 0.6) is 5.75 Å². The number of nitrogens with one attached hydrogen (secondary N) is 1. The van der Waals surface area contributed by atoms with Gasteiger partial charge in [-0.1, -0.05) is 25.1 Å². The van der Waals surface area contributed by atoms with Gasteiger partial charge in [-0.2, -0.15) is 0 Å². The van der Waals surface area contributed by atoms with Crippen molar-refractivity contribution in [3.05, 3.63) is 29.8 Å². The van der Waals surface area contributed by atoms with Crippen LogP contribution in [0.2, 0.25) is 0 Å². The number of hydrogen-bond donors (Lipinski definition) is 3. The minimum absolute atomic E-state index is 0.0202. The number of aliphatic hydroxyl groups is 2. The Balaban J connectivity index is 2.35. The smallest absolute Gasteiger partial charge is 0.124 e. The van der Waals surface area contributed by atoms with Gasteiger partial charge in [0.25, 0.3) is 0 Å². The molecule has 1 atom stereocenters. The molecular formula is C14H23NO3. The minimum Gasteiger partial charge on any atom is -0.493 e. The van der Waals surface area contributed by atoms with Gasteiger partial charge in [0.05, 0.1) is 19.8 Å². The predicted molar refractivity (Wildman–Crippen MR) is 71.6 cm³/mol. The van der Waals surface area contributed by atoms with E-state index in [4.69, 9.17) is 9.84 Å². The summed E-state index contributed by atoms with van der Waals surface area (Å²) >= 11 is 0. The van der Waals surface area contributed by atoms with Crippen LogP contribution in [0, 0.1) is 0 Å². The highest BCUT2D eigenvalue weighted by Crippen LogP contribution is 2.17. The van der Waals surface area contributed by atoms with Gasteiger partial charge in [0, 0.05) is 11.6 Å². The number of ether oxygens (including phenoxy) is 1. The molecule has 0 saturated heterocycles. The zero-order valence-corrected chi connectivity index (χ0v) is 10.9. The summed E-state index contributed by atoms with van der Waals surface area (Å²) in [6.07, 6.45) is 1.79. The molecule has 0 aromatic heterocycles. The van der Waals surface area contributed by atoms with Crippen LogP contribution in [0.15, 0.2) is 24.3 Å². The van der Waals surface area contributed by atoms with E-state index in [2.05, 4.69) is 12.2 Å². The fourth-order valence-electron chi connectivity index (χ4n) is 1.69. The number of para-hydroxylation sites is 1. The van der Waals surface area contributed by atoms with Crippen molar-refractivity contribution in [2.75, 3.05) is 19.8 Å². The lowest BCUT2D eigenvalue weighted by Gasteiger charge is -2.16. The Bertz CT molecular complexity index is 331. The molecule has 1 aromatic carbocycles. The van der Waals surface area contributed by atoms with E-state index in [0.717, 1.165) is 24.9 Å². The van der Waals surface area contributed by atoms with Crippen molar-refractivity contribution in [3.63, 3.8) is 0 Å². The minimum atomic E-state index is -0.0202. The Morgan fingerprint density at radius 1 is 1.28 bits per heavy atom. The van der Waals surface area contributed by atoms with Crippen LogP contribution in [0.1, 0.15) is 25.3 Å². The van der Waals surface area contributed by atoms with Crippen LogP contribution >= 0.6 is 0 Å². The molecular weight excluding hydrogens is 230 g/mol. The molecule has 4 nitrogen and oxygen atoms in total. The Morgan fingerprint density at radius 3 is 2.72 bits per heavy atom. The Labute approximate surface area is 109 Å². The van der Waals surface area contributed by atoms with Crippen LogP contribution in [-0.4, -0.2) is 36.0 Å². The molecule has 0 aliphatic carbocycles. The fraction of sp³-hybridized carbons (Fsp3) is 0.571. The van der Waals surface area contributed by atoms with Crippen molar-refractivity contribution < 1.29 is 14.9 Å². The zero-order chi connectivity index (χ0) is 13.2. The number of rotatable bonds is 9. The largest absolute Gasteiger partial charge is 0.493 e. The zero-order valence-electron chi connectivity index (χ0n) is 10.9. The molecule has 0 aliphatic heterocycles. The summed E-state index contributed by atoms with van der Waals surface area (Å²) in [5, 5.41) is 21.6. The molecule has 0 spiro atoms. The van der Waals surface area contributed by atoms with Gasteiger partial charge in [-0.05, 0) is 25.5 Å². The van der Waals surface area contributed by atoms with Crippen molar-refractivity contribution in [2.45, 2.75) is 32.4 Å². The number of benzene rings is 1. The van der Waals surface area contributed by atoms with E-state index in [9.17, 15) is 5.11 Å². The Morgan fingerprint density at radius 2 is 2.06 bits per heavy atom. The predicted octanol–water partition coefficient (Wildman–Crippen LogP) is 1.31. The molecule has 0 radical (unpaired) electrons. The maximum atomic E-state index is 9.19. The van der Waals surface area contributed by atoms with Gasteiger partial charge in [0.15, 0.2) is 0 Å². The van der Waals surface area contributed by atoms with Gasteiger partial charge in [-0.15, -0.1) is 0 Å². The molecule has 0 aliphatic rings. The van der Waals surface area contributed by atoms with Gasteiger partial charge in [0.1, 0.15) is 5.75 Å². The molecule has 0 heterocycles. The second-order valence-corrected chi connectivity index (χ2v) is 4.24. The summed E-state index contributed by atoms with van der Waals surface area (Å²) in [5.74, 6) is 0.715. The number of hydrogen-bond acceptors (Lipinski definition) is 4. The summed E-state index contributed by atoms with van der Waals surface area (Å²) < 4.78 is 5.63. The maximum absolute atomic E-state index is 9.19. The highest BCUT2D eigenvalue weighted by atomic mass is 16.5. The molecule has 0 saturated carbocycles. The summed E-state index contributed by atoms with van der Waals surface area (Å²) in [5.41, 5.74) is 0.791. The van der Waals surface area contributed by atoms with Gasteiger partial charge >= 0.3 is 0 Å². The van der Waals surface area contributed by atoms with Crippen LogP contribution in [0.4, 0.5) is 0 Å². The van der Waals surface area contributed by atoms with Crippen molar-refractivity contribution in [1.82, 2.24) is 5.32 Å². The van der Waals surface area contributed by atoms with Crippen LogP contribution < -0.4 is 10.1 Å². The summed E-state index contributed by atoms with van der Waals surface area (Å²) in [4.78, 5) is 0. The SMILES string of the molecule is CCCNC(CO)CCOc1ccccc1CO. The van der Waals surface area contributed by atoms with Crippen LogP contribution in [0.25, 0.3) is 0 Å². The van der Waals surface area contributed by atoms with E-state index in [1.165, 1.54) is 0 Å². The molecule has 3 N–H and O–H groups in total. The second kappa shape index (κ2) is 8.91. The van der Waals surface area contributed by atoms with Gasteiger partial charge in [0.2, 0.25) is 0 Å². The first-order chi connectivity index (χ1) is 8.81. The fourth-order valence-corrected chi connectivity index (χ4v) is 1.69. The third-order valence-electron chi connectivity index (χ3n) is 2.77. The second-order valence-electron chi connectivity index (χ2n) is 4.24. The quantitative estimate of drug-likeness (QED) is 0.621. The van der Waals surface area contributed by atoms with Gasteiger partial charge < -0.3 is 20.3 Å². The van der Waals surface area contributed by atoms with Crippen molar-refractivity contribution in [1.29, 1.82) is 0 Å². The first kappa shape index (κ1) is 15.0. The monoisotopic (exact) mass is 253 g/mol. The van der Waals surface area contributed by atoms with E-state index in [-0.39, 0.29) is 19.3 Å². The molecule has 4 heteroatoms. The summed E-state index contributed by atoms with van der Waals surface area (Å²) in [6.45, 7) is 3.62. The molecule has 0 amide bonds. The molecule has 0 fully saturated rings. The average Bonchev–Trinajstić information content (AvgIpc) is 2.43. The van der Waals surface area contributed by atoms with E-state index in [1.54, 1.807) is 0 Å². The van der Waals surface area contributed by atoms with Crippen molar-refractivity contribution >= 4 is 0 Å². The molecule has 18 heavy (non-hydrogen) atoms. The van der Waals surface area contributed by atoms with Crippen LogP contribution in [-0.2, 0) is 6.61 Å². The van der Waals surface area contributed by atoms with Gasteiger partial charge in [-0.25, -0.2) is 0 Å². The Hall–Kier alpha value is -1.10. The lowest BCUT2D eigenvalue weighted by molar-refractivity contribution is 0.205. The topological polar surface area (TPSA) is 61.7 Å². The molecule has 102 valence electrons. The lowest BCUT2D eigenvalue weighted by atomic mass is 10.2. The third kappa shape index (κ3) is 5.04. The summed E-state index contributed by atoms with van der Waals surface area (Å²) in [6, 6.07) is 7.52. The molecule has 1 aromatic rings. The van der Waals surface area contributed by atoms with Gasteiger partial charge in [-0.3, -0.25) is 0 Å². The standard InChI is InChI=1S/C14H23NO3/c1-2-8-15-13(11-17)7-9-18-14-6-4-3-5-12(14)10-16/h3-6,13,15-17H,2,7-11H2,1H3. The molecule has 1 unspecified atom stereocenters. The van der Waals surface area contributed by atoms with E-state index in [1.807, 2.05) is 24.3 Å². The lowest BCUT2D eigenvalue weighted by Crippen LogP contribution is -2.34. The van der Waals surface area contributed by atoms with E-state index >= 15 is 0 Å². The molecule has 1 rings (SSSR count). The van der Waals surface area contributed by atoms with Crippen molar-refractivity contribution in [2.24, 2.45) is 0 Å². The maximum Gasteiger partial charge on any atom is 0.124 e. The first-order valence-corrected chi connectivity index (χ1v) is 6.47. The highest BCUT2D eigenvalue weighted by Gasteiger charge is 2.07. The summed E-state index contributed by atoms with van der Waals surface area (Å²) in [7, 11) is 0. The number of aliphatic hydroxyl groups excluding tert-OH is 2. The van der Waals surface area contributed by atoms with Crippen molar-refractivity contribution in [3.8, 4) is 5.75 Å². The average molecular weight is 253 g/mol. The highest BCUT2D eigenvalue weighted by molar-refractivity contribution is 5.32.